The fourth-order valence-electron chi connectivity index (χ4n) is 2.59. The molecule has 1 N–H and O–H groups in total. The van der Waals surface area contributed by atoms with Crippen LogP contribution in [-0.2, 0) is 9.59 Å². The number of carbonyl (C=O) groups excluding carboxylic acids is 2. The van der Waals surface area contributed by atoms with Gasteiger partial charge in [0.15, 0.2) is 0 Å². The number of thioether (sulfide) groups is 1. The van der Waals surface area contributed by atoms with E-state index in [1.54, 1.807) is 30.3 Å². The molecule has 7 nitrogen and oxygen atoms in total. The average Bonchev–Trinajstić information content (AvgIpc) is 2.95. The predicted octanol–water partition coefficient (Wildman–Crippen LogP) is 4.48. The molecule has 1 fully saturated rings. The Morgan fingerprint density at radius 2 is 1.93 bits per heavy atom. The molecular weight excluding hydrogens is 434 g/mol. The van der Waals surface area contributed by atoms with Gasteiger partial charge in [-0.2, -0.15) is 0 Å². The fraction of sp³-hybridized carbons (Fsp3) is 0.105. The van der Waals surface area contributed by atoms with Crippen molar-refractivity contribution in [2.24, 2.45) is 0 Å². The van der Waals surface area contributed by atoms with Crippen LogP contribution < -0.4 is 5.32 Å². The Kier molecular flexibility index (Phi) is 6.63. The fourth-order valence-corrected chi connectivity index (χ4v) is 4.08. The molecular formula is C19H14ClN3O4S2. The number of rotatable bonds is 6. The van der Waals surface area contributed by atoms with Gasteiger partial charge in [0.25, 0.3) is 11.6 Å². The van der Waals surface area contributed by atoms with E-state index in [9.17, 15) is 19.7 Å². The highest BCUT2D eigenvalue weighted by Gasteiger charge is 2.32. The normalized spacial score (nSPS) is 15.1. The minimum atomic E-state index is -0.572. The molecule has 0 atom stereocenters. The lowest BCUT2D eigenvalue weighted by Crippen LogP contribution is -2.31. The Morgan fingerprint density at radius 3 is 2.66 bits per heavy atom. The predicted molar refractivity (Wildman–Crippen MR) is 118 cm³/mol. The van der Waals surface area contributed by atoms with Crippen molar-refractivity contribution in [2.75, 3.05) is 11.9 Å². The first-order valence-electron chi connectivity index (χ1n) is 8.40. The number of benzene rings is 2. The first-order chi connectivity index (χ1) is 13.9. The van der Waals surface area contributed by atoms with Crippen molar-refractivity contribution in [2.45, 2.75) is 6.42 Å². The number of nitro benzene ring substituents is 1. The van der Waals surface area contributed by atoms with E-state index in [0.29, 0.717) is 19.8 Å². The summed E-state index contributed by atoms with van der Waals surface area (Å²) >= 11 is 12.5. The molecule has 29 heavy (non-hydrogen) atoms. The summed E-state index contributed by atoms with van der Waals surface area (Å²) < 4.78 is 0.340. The summed E-state index contributed by atoms with van der Waals surface area (Å²) in [6.45, 7) is 0.0665. The number of nitro groups is 1. The summed E-state index contributed by atoms with van der Waals surface area (Å²) in [6.07, 6.45) is 1.60. The molecule has 2 amide bonds. The second kappa shape index (κ2) is 9.17. The number of para-hydroxylation sites is 2. The highest BCUT2D eigenvalue weighted by atomic mass is 35.5. The van der Waals surface area contributed by atoms with Gasteiger partial charge in [-0.1, -0.05) is 65.9 Å². The Morgan fingerprint density at radius 1 is 1.24 bits per heavy atom. The van der Waals surface area contributed by atoms with E-state index >= 15 is 0 Å². The Balaban J connectivity index is 1.65. The summed E-state index contributed by atoms with van der Waals surface area (Å²) in [6, 6.07) is 13.0. The Hall–Kier alpha value is -2.75. The van der Waals surface area contributed by atoms with Crippen LogP contribution in [0.3, 0.4) is 0 Å². The van der Waals surface area contributed by atoms with E-state index in [2.05, 4.69) is 5.32 Å². The first-order valence-corrected chi connectivity index (χ1v) is 10.0. The lowest BCUT2D eigenvalue weighted by Gasteiger charge is -2.14. The van der Waals surface area contributed by atoms with Gasteiger partial charge < -0.3 is 5.32 Å². The van der Waals surface area contributed by atoms with Crippen LogP contribution in [0.2, 0.25) is 5.02 Å². The molecule has 3 rings (SSSR count). The molecule has 0 spiro atoms. The number of nitrogens with one attached hydrogen (secondary N) is 1. The van der Waals surface area contributed by atoms with Crippen LogP contribution in [0.1, 0.15) is 12.0 Å². The van der Waals surface area contributed by atoms with Crippen molar-refractivity contribution in [3.8, 4) is 0 Å². The molecule has 1 aliphatic rings. The van der Waals surface area contributed by atoms with Crippen molar-refractivity contribution in [1.82, 2.24) is 4.90 Å². The molecule has 148 valence electrons. The maximum absolute atomic E-state index is 12.6. The van der Waals surface area contributed by atoms with Gasteiger partial charge in [-0.15, -0.1) is 0 Å². The van der Waals surface area contributed by atoms with E-state index in [0.717, 1.165) is 11.8 Å². The summed E-state index contributed by atoms with van der Waals surface area (Å²) in [4.78, 5) is 37.1. The lowest BCUT2D eigenvalue weighted by molar-refractivity contribution is -0.383. The summed E-state index contributed by atoms with van der Waals surface area (Å²) in [7, 11) is 0. The average molecular weight is 448 g/mol. The zero-order valence-corrected chi connectivity index (χ0v) is 17.2. The molecule has 1 saturated heterocycles. The van der Waals surface area contributed by atoms with Crippen LogP contribution in [0.5, 0.6) is 0 Å². The molecule has 0 aliphatic carbocycles. The van der Waals surface area contributed by atoms with E-state index in [-0.39, 0.29) is 30.2 Å². The van der Waals surface area contributed by atoms with Crippen LogP contribution >= 0.6 is 35.6 Å². The third-order valence-electron chi connectivity index (χ3n) is 4.00. The molecule has 1 aliphatic heterocycles. The minimum absolute atomic E-state index is 0.0577. The van der Waals surface area contributed by atoms with Crippen LogP contribution in [0.15, 0.2) is 53.4 Å². The summed E-state index contributed by atoms with van der Waals surface area (Å²) in [5.74, 6) is -0.762. The van der Waals surface area contributed by atoms with E-state index in [1.807, 2.05) is 6.07 Å². The number of amides is 2. The lowest BCUT2D eigenvalue weighted by atomic mass is 10.2. The number of halogens is 1. The molecule has 0 aromatic heterocycles. The second-order valence-electron chi connectivity index (χ2n) is 5.93. The van der Waals surface area contributed by atoms with E-state index in [1.165, 1.54) is 23.1 Å². The van der Waals surface area contributed by atoms with Crippen molar-refractivity contribution < 1.29 is 14.5 Å². The van der Waals surface area contributed by atoms with Crippen molar-refractivity contribution >= 4 is 69.2 Å². The van der Waals surface area contributed by atoms with Gasteiger partial charge in [-0.25, -0.2) is 0 Å². The molecule has 1 heterocycles. The SMILES string of the molecule is O=C(CCN1C(=O)/C(=C/c2ccccc2Cl)SC1=S)Nc1ccccc1[N+](=O)[O-]. The van der Waals surface area contributed by atoms with Crippen molar-refractivity contribution in [1.29, 1.82) is 0 Å². The van der Waals surface area contributed by atoms with Crippen LogP contribution in [0.25, 0.3) is 6.08 Å². The first kappa shape index (κ1) is 21.0. The van der Waals surface area contributed by atoms with Crippen molar-refractivity contribution in [3.63, 3.8) is 0 Å². The number of anilines is 1. The maximum atomic E-state index is 12.6. The second-order valence-corrected chi connectivity index (χ2v) is 8.01. The molecule has 0 saturated carbocycles. The molecule has 2 aromatic carbocycles. The smallest absolute Gasteiger partial charge is 0.292 e. The number of hydrogen-bond donors (Lipinski definition) is 1. The summed E-state index contributed by atoms with van der Waals surface area (Å²) in [5, 5.41) is 14.1. The van der Waals surface area contributed by atoms with Crippen LogP contribution in [0, 0.1) is 10.1 Å². The zero-order valence-electron chi connectivity index (χ0n) is 14.8. The maximum Gasteiger partial charge on any atom is 0.292 e. The van der Waals surface area contributed by atoms with E-state index in [4.69, 9.17) is 23.8 Å². The molecule has 0 unspecified atom stereocenters. The third kappa shape index (κ3) is 5.00. The Bertz CT molecular complexity index is 1040. The minimum Gasteiger partial charge on any atom is -0.320 e. The highest BCUT2D eigenvalue weighted by molar-refractivity contribution is 8.26. The van der Waals surface area contributed by atoms with E-state index < -0.39 is 10.8 Å². The molecule has 0 radical (unpaired) electrons. The number of thiocarbonyl (C=S) groups is 1. The highest BCUT2D eigenvalue weighted by Crippen LogP contribution is 2.33. The van der Waals surface area contributed by atoms with Gasteiger partial charge in [0, 0.05) is 24.1 Å². The largest absolute Gasteiger partial charge is 0.320 e. The number of nitrogens with zero attached hydrogens (tertiary/aromatic N) is 2. The van der Waals surface area contributed by atoms with Gasteiger partial charge in [-0.05, 0) is 23.8 Å². The van der Waals surface area contributed by atoms with Crippen LogP contribution in [-0.4, -0.2) is 32.5 Å². The number of hydrogen-bond acceptors (Lipinski definition) is 6. The topological polar surface area (TPSA) is 92.6 Å². The standard InChI is InChI=1S/C19H14ClN3O4S2/c20-13-6-2-1-5-12(13)11-16-18(25)22(19(28)29-16)10-9-17(24)21-14-7-3-4-8-15(14)23(26)27/h1-8,11H,9-10H2,(H,21,24)/b16-11-. The zero-order chi connectivity index (χ0) is 21.0. The third-order valence-corrected chi connectivity index (χ3v) is 5.72. The Labute approximate surface area is 180 Å². The number of carbonyl (C=O) groups is 2. The summed E-state index contributed by atoms with van der Waals surface area (Å²) in [5.41, 5.74) is 0.601. The van der Waals surface area contributed by atoms with Crippen molar-refractivity contribution in [3.05, 3.63) is 74.1 Å². The monoisotopic (exact) mass is 447 g/mol. The quantitative estimate of drug-likeness (QED) is 0.304. The van der Waals surface area contributed by atoms with Crippen LogP contribution in [0.4, 0.5) is 11.4 Å². The molecule has 10 heteroatoms. The van der Waals surface area contributed by atoms with Gasteiger partial charge in [-0.3, -0.25) is 24.6 Å². The molecule has 2 aromatic rings. The van der Waals surface area contributed by atoms with Gasteiger partial charge >= 0.3 is 0 Å². The van der Waals surface area contributed by atoms with Gasteiger partial charge in [0.05, 0.1) is 9.83 Å². The molecule has 0 bridgehead atoms. The van der Waals surface area contributed by atoms with Gasteiger partial charge in [0.1, 0.15) is 10.0 Å². The van der Waals surface area contributed by atoms with Gasteiger partial charge in [0.2, 0.25) is 5.91 Å².